The van der Waals surface area contributed by atoms with E-state index in [0.29, 0.717) is 18.7 Å². The highest BCUT2D eigenvalue weighted by atomic mass is 32.2. The van der Waals surface area contributed by atoms with Crippen molar-refractivity contribution in [2.75, 3.05) is 33.2 Å². The summed E-state index contributed by atoms with van der Waals surface area (Å²) in [6.07, 6.45) is -3.57. The number of piperazine rings is 1. The number of aromatic nitrogens is 1. The highest BCUT2D eigenvalue weighted by molar-refractivity contribution is 7.87. The van der Waals surface area contributed by atoms with Gasteiger partial charge in [-0.05, 0) is 18.7 Å². The number of likely N-dealkylation sites (N-methyl/N-ethyl adjacent to an activating group) is 1. The van der Waals surface area contributed by atoms with Crippen LogP contribution >= 0.6 is 0 Å². The van der Waals surface area contributed by atoms with Gasteiger partial charge in [0.2, 0.25) is 0 Å². The van der Waals surface area contributed by atoms with Crippen molar-refractivity contribution in [1.82, 2.24) is 24.2 Å². The van der Waals surface area contributed by atoms with Crippen LogP contribution in [0.15, 0.2) is 18.3 Å². The number of carbonyl (C=O) groups is 1. The fourth-order valence-corrected chi connectivity index (χ4v) is 3.20. The zero-order valence-corrected chi connectivity index (χ0v) is 14.2. The second kappa shape index (κ2) is 7.54. The SMILES string of the molecule is CN1CCN(S(=O)(=O)NC(=O)NCc2ccc(C(F)(F)F)nc2)CC1. The number of urea groups is 1. The van der Waals surface area contributed by atoms with E-state index in [-0.39, 0.29) is 19.6 Å². The molecule has 0 aliphatic carbocycles. The minimum atomic E-state index is -4.54. The van der Waals surface area contributed by atoms with Crippen molar-refractivity contribution in [3.05, 3.63) is 29.6 Å². The summed E-state index contributed by atoms with van der Waals surface area (Å²) in [6.45, 7) is 1.48. The number of rotatable bonds is 4. The van der Waals surface area contributed by atoms with Crippen LogP contribution in [0.2, 0.25) is 0 Å². The van der Waals surface area contributed by atoms with Crippen LogP contribution in [0, 0.1) is 0 Å². The Morgan fingerprint density at radius 1 is 1.24 bits per heavy atom. The Bertz CT molecular complexity index is 701. The van der Waals surface area contributed by atoms with Gasteiger partial charge in [-0.3, -0.25) is 4.98 Å². The van der Waals surface area contributed by atoms with Crippen LogP contribution in [0.4, 0.5) is 18.0 Å². The lowest BCUT2D eigenvalue weighted by molar-refractivity contribution is -0.141. The lowest BCUT2D eigenvalue weighted by Crippen LogP contribution is -2.53. The third-order valence-electron chi connectivity index (χ3n) is 3.59. The molecule has 0 radical (unpaired) electrons. The maximum atomic E-state index is 12.4. The lowest BCUT2D eigenvalue weighted by Gasteiger charge is -2.31. The van der Waals surface area contributed by atoms with Crippen LogP contribution in [0.25, 0.3) is 0 Å². The first-order valence-corrected chi connectivity index (χ1v) is 8.78. The molecule has 0 spiro atoms. The molecule has 25 heavy (non-hydrogen) atoms. The summed E-state index contributed by atoms with van der Waals surface area (Å²) in [4.78, 5) is 16.9. The molecule has 0 saturated carbocycles. The molecule has 1 aliphatic rings. The molecule has 1 aromatic heterocycles. The van der Waals surface area contributed by atoms with Crippen LogP contribution in [-0.4, -0.2) is 61.9 Å². The van der Waals surface area contributed by atoms with Gasteiger partial charge in [0.05, 0.1) is 0 Å². The summed E-state index contributed by atoms with van der Waals surface area (Å²) < 4.78 is 64.4. The van der Waals surface area contributed by atoms with E-state index < -0.39 is 28.1 Å². The van der Waals surface area contributed by atoms with Crippen molar-refractivity contribution in [3.63, 3.8) is 0 Å². The molecule has 1 fully saturated rings. The van der Waals surface area contributed by atoms with E-state index in [2.05, 4.69) is 10.3 Å². The normalized spacial score (nSPS) is 17.3. The molecule has 12 heteroatoms. The fourth-order valence-electron chi connectivity index (χ4n) is 2.13. The molecule has 0 unspecified atom stereocenters. The molecule has 2 amide bonds. The highest BCUT2D eigenvalue weighted by Crippen LogP contribution is 2.27. The fraction of sp³-hybridized carbons (Fsp3) is 0.538. The molecule has 1 saturated heterocycles. The summed E-state index contributed by atoms with van der Waals surface area (Å²) in [6, 6.07) is 0.986. The first-order valence-electron chi connectivity index (χ1n) is 7.34. The molecule has 140 valence electrons. The van der Waals surface area contributed by atoms with Crippen molar-refractivity contribution < 1.29 is 26.4 Å². The molecule has 0 bridgehead atoms. The van der Waals surface area contributed by atoms with Gasteiger partial charge in [-0.1, -0.05) is 6.07 Å². The molecule has 0 aromatic carbocycles. The Morgan fingerprint density at radius 2 is 1.88 bits per heavy atom. The van der Waals surface area contributed by atoms with Crippen LogP contribution in [-0.2, 0) is 22.9 Å². The number of nitrogens with zero attached hydrogens (tertiary/aromatic N) is 3. The van der Waals surface area contributed by atoms with E-state index in [4.69, 9.17) is 0 Å². The number of pyridine rings is 1. The smallest absolute Gasteiger partial charge is 0.333 e. The second-order valence-corrected chi connectivity index (χ2v) is 7.21. The molecule has 8 nitrogen and oxygen atoms in total. The van der Waals surface area contributed by atoms with E-state index in [1.807, 2.05) is 16.7 Å². The minimum Gasteiger partial charge on any atom is -0.333 e. The first-order chi connectivity index (χ1) is 11.6. The molecule has 1 aromatic rings. The Balaban J connectivity index is 1.86. The van der Waals surface area contributed by atoms with Crippen molar-refractivity contribution in [2.45, 2.75) is 12.7 Å². The molecule has 2 rings (SSSR count). The van der Waals surface area contributed by atoms with Crippen molar-refractivity contribution >= 4 is 16.2 Å². The van der Waals surface area contributed by atoms with Gasteiger partial charge in [0, 0.05) is 38.9 Å². The van der Waals surface area contributed by atoms with Crippen LogP contribution < -0.4 is 10.0 Å². The highest BCUT2D eigenvalue weighted by Gasteiger charge is 2.32. The Hall–Kier alpha value is -1.92. The maximum absolute atomic E-state index is 12.4. The summed E-state index contributed by atoms with van der Waals surface area (Å²) >= 11 is 0. The standard InChI is InChI=1S/C13H18F3N5O3S/c1-20-4-6-21(7-5-20)25(23,24)19-12(22)18-9-10-2-3-11(17-8-10)13(14,15)16/h2-3,8H,4-7,9H2,1H3,(H2,18,19,22). The average molecular weight is 381 g/mol. The Kier molecular flexibility index (Phi) is 5.85. The van der Waals surface area contributed by atoms with Gasteiger partial charge in [0.15, 0.2) is 0 Å². The van der Waals surface area contributed by atoms with E-state index in [1.165, 1.54) is 0 Å². The van der Waals surface area contributed by atoms with E-state index in [9.17, 15) is 26.4 Å². The molecule has 2 heterocycles. The van der Waals surface area contributed by atoms with Crippen LogP contribution in [0.3, 0.4) is 0 Å². The third-order valence-corrected chi connectivity index (χ3v) is 5.08. The van der Waals surface area contributed by atoms with E-state index in [0.717, 1.165) is 22.6 Å². The maximum Gasteiger partial charge on any atom is 0.433 e. The third kappa shape index (κ3) is 5.54. The van der Waals surface area contributed by atoms with Gasteiger partial charge >= 0.3 is 22.4 Å². The van der Waals surface area contributed by atoms with E-state index in [1.54, 1.807) is 0 Å². The predicted molar refractivity (Wildman–Crippen MR) is 82.6 cm³/mol. The zero-order valence-electron chi connectivity index (χ0n) is 13.4. The number of hydrogen-bond acceptors (Lipinski definition) is 5. The number of halogens is 3. The summed E-state index contributed by atoms with van der Waals surface area (Å²) in [5, 5.41) is 2.27. The Labute approximate surface area is 143 Å². The lowest BCUT2D eigenvalue weighted by atomic mass is 10.2. The van der Waals surface area contributed by atoms with Gasteiger partial charge < -0.3 is 10.2 Å². The van der Waals surface area contributed by atoms with Crippen LogP contribution in [0.1, 0.15) is 11.3 Å². The average Bonchev–Trinajstić information content (AvgIpc) is 2.52. The van der Waals surface area contributed by atoms with Crippen molar-refractivity contribution in [2.24, 2.45) is 0 Å². The van der Waals surface area contributed by atoms with Gasteiger partial charge in [0.25, 0.3) is 0 Å². The van der Waals surface area contributed by atoms with E-state index >= 15 is 0 Å². The summed E-state index contributed by atoms with van der Waals surface area (Å²) in [7, 11) is -2.09. The van der Waals surface area contributed by atoms with Crippen LogP contribution in [0.5, 0.6) is 0 Å². The van der Waals surface area contributed by atoms with Crippen molar-refractivity contribution in [3.8, 4) is 0 Å². The number of hydrogen-bond donors (Lipinski definition) is 2. The summed E-state index contributed by atoms with van der Waals surface area (Å²) in [5.74, 6) is 0. The minimum absolute atomic E-state index is 0.158. The quantitative estimate of drug-likeness (QED) is 0.787. The van der Waals surface area contributed by atoms with Gasteiger partial charge in [-0.25, -0.2) is 9.52 Å². The molecule has 2 N–H and O–H groups in total. The van der Waals surface area contributed by atoms with Crippen molar-refractivity contribution in [1.29, 1.82) is 0 Å². The summed E-state index contributed by atoms with van der Waals surface area (Å²) in [5.41, 5.74) is -0.738. The van der Waals surface area contributed by atoms with Gasteiger partial charge in [0.1, 0.15) is 5.69 Å². The number of carbonyl (C=O) groups excluding carboxylic acids is 1. The largest absolute Gasteiger partial charge is 0.433 e. The van der Waals surface area contributed by atoms with Gasteiger partial charge in [-0.15, -0.1) is 0 Å². The number of amides is 2. The zero-order chi connectivity index (χ0) is 18.7. The number of alkyl halides is 3. The molecular formula is C13H18F3N5O3S. The monoisotopic (exact) mass is 381 g/mol. The van der Waals surface area contributed by atoms with Gasteiger partial charge in [-0.2, -0.15) is 25.9 Å². The first kappa shape index (κ1) is 19.4. The second-order valence-electron chi connectivity index (χ2n) is 5.54. The molecule has 1 aliphatic heterocycles. The molecule has 0 atom stereocenters. The topological polar surface area (TPSA) is 94.6 Å². The molecular weight excluding hydrogens is 363 g/mol. The predicted octanol–water partition coefficient (Wildman–Crippen LogP) is 0.392. The number of nitrogens with one attached hydrogen (secondary N) is 2. The Morgan fingerprint density at radius 3 is 2.40 bits per heavy atom.